The van der Waals surface area contributed by atoms with Gasteiger partial charge in [-0.1, -0.05) is 12.1 Å². The van der Waals surface area contributed by atoms with Crippen molar-refractivity contribution in [3.8, 4) is 5.75 Å². The highest BCUT2D eigenvalue weighted by atomic mass is 16.5. The molecule has 0 saturated heterocycles. The summed E-state index contributed by atoms with van der Waals surface area (Å²) >= 11 is 0. The number of carbonyl (C=O) groups excluding carboxylic acids is 2. The molecule has 25 heavy (non-hydrogen) atoms. The smallest absolute Gasteiger partial charge is 0.265 e. The first-order valence-electron chi connectivity index (χ1n) is 8.34. The van der Waals surface area contributed by atoms with Crippen molar-refractivity contribution in [1.82, 2.24) is 15.1 Å². The average molecular weight is 342 g/mol. The number of hydrogen-bond acceptors (Lipinski definition) is 4. The summed E-state index contributed by atoms with van der Waals surface area (Å²) in [5.74, 6) is 0.231. The predicted octanol–water partition coefficient (Wildman–Crippen LogP) is 1.43. The Morgan fingerprint density at radius 1 is 1.32 bits per heavy atom. The molecule has 2 amide bonds. The number of carbonyl (C=O) groups is 2. The number of nitrogens with zero attached hydrogens (tertiary/aromatic N) is 3. The molecule has 0 spiro atoms. The lowest BCUT2D eigenvalue weighted by molar-refractivity contribution is -0.125. The van der Waals surface area contributed by atoms with Crippen LogP contribution in [0.4, 0.5) is 5.69 Å². The van der Waals surface area contributed by atoms with Gasteiger partial charge in [0.15, 0.2) is 6.61 Å². The zero-order valence-corrected chi connectivity index (χ0v) is 14.5. The third-order valence-corrected chi connectivity index (χ3v) is 4.08. The molecule has 0 atom stereocenters. The molecule has 0 bridgehead atoms. The molecule has 0 unspecified atom stereocenters. The molecule has 1 aliphatic rings. The van der Waals surface area contributed by atoms with Crippen LogP contribution in [0, 0.1) is 13.8 Å². The molecule has 1 aliphatic heterocycles. The standard InChI is InChI=1S/C18H22N4O3/c1-13-10-14(2)22(20-13)9-5-8-19-17(23)11-21-15-6-3-4-7-16(15)25-12-18(21)24/h3-4,6-7,10H,5,8-9,11-12H2,1-2H3,(H,19,23). The summed E-state index contributed by atoms with van der Waals surface area (Å²) in [7, 11) is 0. The predicted molar refractivity (Wildman–Crippen MR) is 93.6 cm³/mol. The highest BCUT2D eigenvalue weighted by Gasteiger charge is 2.26. The number of para-hydroxylation sites is 2. The van der Waals surface area contributed by atoms with Crippen LogP contribution in [0.2, 0.25) is 0 Å². The lowest BCUT2D eigenvalue weighted by Gasteiger charge is -2.28. The summed E-state index contributed by atoms with van der Waals surface area (Å²) in [6.07, 6.45) is 0.779. The second-order valence-electron chi connectivity index (χ2n) is 6.09. The lowest BCUT2D eigenvalue weighted by atomic mass is 10.2. The lowest BCUT2D eigenvalue weighted by Crippen LogP contribution is -2.45. The van der Waals surface area contributed by atoms with E-state index in [0.29, 0.717) is 18.0 Å². The van der Waals surface area contributed by atoms with Gasteiger partial charge in [0.25, 0.3) is 5.91 Å². The van der Waals surface area contributed by atoms with Gasteiger partial charge in [0, 0.05) is 18.8 Å². The van der Waals surface area contributed by atoms with Crippen LogP contribution in [-0.2, 0) is 16.1 Å². The van der Waals surface area contributed by atoms with Crippen LogP contribution in [0.1, 0.15) is 17.8 Å². The third kappa shape index (κ3) is 3.99. The van der Waals surface area contributed by atoms with E-state index in [2.05, 4.69) is 10.4 Å². The molecule has 1 aromatic heterocycles. The number of anilines is 1. The maximum absolute atomic E-state index is 12.2. The molecule has 132 valence electrons. The molecule has 0 radical (unpaired) electrons. The fraction of sp³-hybridized carbons (Fsp3) is 0.389. The first-order chi connectivity index (χ1) is 12.0. The van der Waals surface area contributed by atoms with Gasteiger partial charge in [-0.2, -0.15) is 5.10 Å². The monoisotopic (exact) mass is 342 g/mol. The fourth-order valence-corrected chi connectivity index (χ4v) is 2.88. The van der Waals surface area contributed by atoms with Crippen molar-refractivity contribution < 1.29 is 14.3 Å². The minimum Gasteiger partial charge on any atom is -0.482 e. The molecule has 1 aromatic carbocycles. The fourth-order valence-electron chi connectivity index (χ4n) is 2.88. The molecular formula is C18H22N4O3. The zero-order chi connectivity index (χ0) is 17.8. The Hall–Kier alpha value is -2.83. The average Bonchev–Trinajstić information content (AvgIpc) is 2.92. The summed E-state index contributed by atoms with van der Waals surface area (Å²) in [5.41, 5.74) is 2.74. The summed E-state index contributed by atoms with van der Waals surface area (Å²) in [6, 6.07) is 9.26. The summed E-state index contributed by atoms with van der Waals surface area (Å²) in [5, 5.41) is 7.26. The number of aromatic nitrogens is 2. The van der Waals surface area contributed by atoms with Gasteiger partial charge < -0.3 is 10.1 Å². The first-order valence-corrected chi connectivity index (χ1v) is 8.34. The topological polar surface area (TPSA) is 76.5 Å². The van der Waals surface area contributed by atoms with Crippen LogP contribution in [0.25, 0.3) is 0 Å². The second kappa shape index (κ2) is 7.38. The molecule has 0 fully saturated rings. The number of fused-ring (bicyclic) bond motifs is 1. The second-order valence-corrected chi connectivity index (χ2v) is 6.09. The Morgan fingerprint density at radius 2 is 2.12 bits per heavy atom. The number of amides is 2. The van der Waals surface area contributed by atoms with Crippen molar-refractivity contribution in [2.75, 3.05) is 24.6 Å². The number of benzene rings is 1. The Morgan fingerprint density at radius 3 is 2.88 bits per heavy atom. The summed E-state index contributed by atoms with van der Waals surface area (Å²) < 4.78 is 7.31. The summed E-state index contributed by atoms with van der Waals surface area (Å²) in [4.78, 5) is 25.7. The Kier molecular flexibility index (Phi) is 5.02. The first kappa shape index (κ1) is 17.0. The van der Waals surface area contributed by atoms with Crippen molar-refractivity contribution in [1.29, 1.82) is 0 Å². The Balaban J connectivity index is 1.49. The van der Waals surface area contributed by atoms with Crippen molar-refractivity contribution >= 4 is 17.5 Å². The van der Waals surface area contributed by atoms with Gasteiger partial charge in [-0.05, 0) is 38.5 Å². The molecule has 7 heteroatoms. The van der Waals surface area contributed by atoms with E-state index >= 15 is 0 Å². The van der Waals surface area contributed by atoms with Gasteiger partial charge in [0.1, 0.15) is 12.3 Å². The highest BCUT2D eigenvalue weighted by molar-refractivity contribution is 6.02. The minimum atomic E-state index is -0.212. The summed E-state index contributed by atoms with van der Waals surface area (Å²) in [6.45, 7) is 5.22. The van der Waals surface area contributed by atoms with Crippen LogP contribution < -0.4 is 15.0 Å². The van der Waals surface area contributed by atoms with Crippen molar-refractivity contribution in [2.45, 2.75) is 26.8 Å². The van der Waals surface area contributed by atoms with Crippen molar-refractivity contribution in [3.05, 3.63) is 41.7 Å². The van der Waals surface area contributed by atoms with E-state index in [1.54, 1.807) is 12.1 Å². The van der Waals surface area contributed by atoms with Gasteiger partial charge in [-0.15, -0.1) is 0 Å². The molecule has 3 rings (SSSR count). The van der Waals surface area contributed by atoms with Crippen LogP contribution in [0.3, 0.4) is 0 Å². The van der Waals surface area contributed by atoms with Gasteiger partial charge in [0.05, 0.1) is 11.4 Å². The SMILES string of the molecule is Cc1cc(C)n(CCCNC(=O)CN2C(=O)COc3ccccc32)n1. The number of nitrogens with one attached hydrogen (secondary N) is 1. The van der Waals surface area contributed by atoms with Gasteiger partial charge in [-0.3, -0.25) is 19.2 Å². The van der Waals surface area contributed by atoms with E-state index in [4.69, 9.17) is 4.74 Å². The number of aryl methyl sites for hydroxylation is 3. The van der Waals surface area contributed by atoms with Crippen LogP contribution in [0.5, 0.6) is 5.75 Å². The van der Waals surface area contributed by atoms with Crippen molar-refractivity contribution in [3.63, 3.8) is 0 Å². The van der Waals surface area contributed by atoms with Crippen LogP contribution in [0.15, 0.2) is 30.3 Å². The molecule has 7 nitrogen and oxygen atoms in total. The van der Waals surface area contributed by atoms with Crippen LogP contribution >= 0.6 is 0 Å². The van der Waals surface area contributed by atoms with E-state index in [9.17, 15) is 9.59 Å². The molecule has 2 heterocycles. The van der Waals surface area contributed by atoms with Crippen molar-refractivity contribution in [2.24, 2.45) is 0 Å². The molecule has 2 aromatic rings. The minimum absolute atomic E-state index is 0.000881. The van der Waals surface area contributed by atoms with Gasteiger partial charge in [0.2, 0.25) is 5.91 Å². The quantitative estimate of drug-likeness (QED) is 0.806. The molecule has 0 saturated carbocycles. The largest absolute Gasteiger partial charge is 0.482 e. The van der Waals surface area contributed by atoms with Crippen LogP contribution in [-0.4, -0.2) is 41.3 Å². The number of hydrogen-bond donors (Lipinski definition) is 1. The van der Waals surface area contributed by atoms with E-state index < -0.39 is 0 Å². The van der Waals surface area contributed by atoms with Gasteiger partial charge >= 0.3 is 0 Å². The normalized spacial score (nSPS) is 13.4. The maximum atomic E-state index is 12.2. The number of ether oxygens (including phenoxy) is 1. The van der Waals surface area contributed by atoms with Gasteiger partial charge in [-0.25, -0.2) is 0 Å². The number of rotatable bonds is 6. The Labute approximate surface area is 146 Å². The van der Waals surface area contributed by atoms with E-state index in [1.165, 1.54) is 4.90 Å². The van der Waals surface area contributed by atoms with E-state index in [0.717, 1.165) is 24.4 Å². The molecule has 1 N–H and O–H groups in total. The maximum Gasteiger partial charge on any atom is 0.265 e. The highest BCUT2D eigenvalue weighted by Crippen LogP contribution is 2.31. The zero-order valence-electron chi connectivity index (χ0n) is 14.5. The third-order valence-electron chi connectivity index (χ3n) is 4.08. The Bertz CT molecular complexity index is 784. The van der Waals surface area contributed by atoms with E-state index in [-0.39, 0.29) is 25.0 Å². The van der Waals surface area contributed by atoms with E-state index in [1.807, 2.05) is 36.7 Å². The molecule has 0 aliphatic carbocycles. The molecular weight excluding hydrogens is 320 g/mol.